The van der Waals surface area contributed by atoms with E-state index in [-0.39, 0.29) is 49.1 Å². The van der Waals surface area contributed by atoms with Crippen LogP contribution in [0.4, 0.5) is 0 Å². The highest BCUT2D eigenvalue weighted by Gasteiger charge is 2.60. The van der Waals surface area contributed by atoms with Crippen LogP contribution < -0.4 is 0 Å². The normalized spacial score (nSPS) is 42.1. The van der Waals surface area contributed by atoms with Crippen LogP contribution in [0.3, 0.4) is 0 Å². The second-order valence-corrected chi connectivity index (χ2v) is 12.5. The van der Waals surface area contributed by atoms with E-state index in [4.69, 9.17) is 9.84 Å². The van der Waals surface area contributed by atoms with Crippen molar-refractivity contribution in [3.63, 3.8) is 0 Å². The average molecular weight is 477 g/mol. The molecular weight excluding hydrogens is 432 g/mol. The Morgan fingerprint density at radius 3 is 2.29 bits per heavy atom. The first-order valence-electron chi connectivity index (χ1n) is 13.6. The number of carbonyl (C=O) groups is 3. The zero-order valence-corrected chi connectivity index (χ0v) is 21.3. The summed E-state index contributed by atoms with van der Waals surface area (Å²) in [6, 6.07) is 0. The van der Waals surface area contributed by atoms with Crippen molar-refractivity contribution < 1.29 is 29.3 Å². The fraction of sp³-hybridized carbons (Fsp3) is 0.893. The van der Waals surface area contributed by atoms with Crippen LogP contribution in [0, 0.1) is 40.4 Å². The smallest absolute Gasteiger partial charge is 0.306 e. The number of hydrogen-bond acceptors (Lipinski definition) is 5. The minimum atomic E-state index is -0.934. The van der Waals surface area contributed by atoms with E-state index in [0.717, 1.165) is 37.5 Å². The Labute approximate surface area is 204 Å². The molecule has 0 aromatic carbocycles. The number of fused-ring (bicyclic) bond motifs is 5. The molecule has 0 radical (unpaired) electrons. The summed E-state index contributed by atoms with van der Waals surface area (Å²) in [6.07, 6.45) is 9.72. The number of aliphatic hydroxyl groups excluding tert-OH is 1. The lowest BCUT2D eigenvalue weighted by Gasteiger charge is -2.61. The van der Waals surface area contributed by atoms with Crippen LogP contribution in [-0.2, 0) is 19.1 Å². The van der Waals surface area contributed by atoms with E-state index >= 15 is 0 Å². The lowest BCUT2D eigenvalue weighted by atomic mass is 9.44. The van der Waals surface area contributed by atoms with Crippen molar-refractivity contribution in [1.82, 2.24) is 0 Å². The first-order valence-corrected chi connectivity index (χ1v) is 13.6. The molecule has 6 heteroatoms. The number of hydrogen-bond donors (Lipinski definition) is 2. The van der Waals surface area contributed by atoms with Gasteiger partial charge in [0.15, 0.2) is 0 Å². The summed E-state index contributed by atoms with van der Waals surface area (Å²) >= 11 is 0. The highest BCUT2D eigenvalue weighted by molar-refractivity contribution is 5.79. The fourth-order valence-corrected chi connectivity index (χ4v) is 8.96. The van der Waals surface area contributed by atoms with Gasteiger partial charge in [-0.25, -0.2) is 0 Å². The van der Waals surface area contributed by atoms with E-state index in [1.807, 2.05) is 0 Å². The molecule has 0 heterocycles. The van der Waals surface area contributed by atoms with Crippen molar-refractivity contribution in [3.8, 4) is 0 Å². The third-order valence-electron chi connectivity index (χ3n) is 10.8. The Balaban J connectivity index is 1.31. The van der Waals surface area contributed by atoms with Gasteiger partial charge >= 0.3 is 11.9 Å². The van der Waals surface area contributed by atoms with Gasteiger partial charge in [-0.2, -0.15) is 0 Å². The zero-order valence-electron chi connectivity index (χ0n) is 21.3. The molecule has 2 N–H and O–H groups in total. The first-order chi connectivity index (χ1) is 16.0. The minimum Gasteiger partial charge on any atom is -0.481 e. The Morgan fingerprint density at radius 1 is 0.912 bits per heavy atom. The summed E-state index contributed by atoms with van der Waals surface area (Å²) in [5.74, 6) is 2.15. The molecule has 4 rings (SSSR count). The van der Waals surface area contributed by atoms with Crippen molar-refractivity contribution >= 4 is 17.7 Å². The summed E-state index contributed by atoms with van der Waals surface area (Å²) < 4.78 is 5.82. The number of carboxylic acid groups (broad SMARTS) is 1. The third-order valence-corrected chi connectivity index (χ3v) is 10.8. The molecule has 9 atom stereocenters. The summed E-state index contributed by atoms with van der Waals surface area (Å²) in [5, 5.41) is 18.6. The maximum Gasteiger partial charge on any atom is 0.306 e. The number of carboxylic acids is 1. The average Bonchev–Trinajstić information content (AvgIpc) is 3.14. The molecule has 6 nitrogen and oxygen atoms in total. The third kappa shape index (κ3) is 4.81. The topological polar surface area (TPSA) is 101 Å². The summed E-state index contributed by atoms with van der Waals surface area (Å²) in [5.41, 5.74) is 0.493. The van der Waals surface area contributed by atoms with Gasteiger partial charge in [-0.15, -0.1) is 0 Å². The van der Waals surface area contributed by atoms with Gasteiger partial charge in [-0.1, -0.05) is 13.8 Å². The Hall–Kier alpha value is -1.43. The molecule has 0 bridgehead atoms. The predicted octanol–water partition coefficient (Wildman–Crippen LogP) is 5.15. The molecule has 0 aromatic heterocycles. The monoisotopic (exact) mass is 476 g/mol. The molecule has 4 saturated carbocycles. The fourth-order valence-electron chi connectivity index (χ4n) is 8.96. The molecule has 4 fully saturated rings. The number of esters is 1. The predicted molar refractivity (Wildman–Crippen MR) is 128 cm³/mol. The van der Waals surface area contributed by atoms with Crippen molar-refractivity contribution in [2.75, 3.05) is 0 Å². The molecule has 0 aliphatic heterocycles. The van der Waals surface area contributed by atoms with Gasteiger partial charge in [-0.05, 0) is 112 Å². The number of ketones is 1. The molecule has 4 aliphatic carbocycles. The molecule has 192 valence electrons. The lowest BCUT2D eigenvalue weighted by molar-refractivity contribution is -0.163. The van der Waals surface area contributed by atoms with Crippen LogP contribution >= 0.6 is 0 Å². The SMILES string of the molecule is CC(=O)[C@H]1CC[C@H]2[C@@H]3CC[C@H]4C[C@H](OC(=O)CCC(O)CCC(=O)O)CC[C@]4(C)[C@H]3CC[C@]12C. The van der Waals surface area contributed by atoms with Crippen LogP contribution in [0.2, 0.25) is 0 Å². The van der Waals surface area contributed by atoms with Gasteiger partial charge in [0.1, 0.15) is 11.9 Å². The maximum absolute atomic E-state index is 12.4. The van der Waals surface area contributed by atoms with Gasteiger partial charge in [0.25, 0.3) is 0 Å². The molecule has 0 amide bonds. The van der Waals surface area contributed by atoms with E-state index < -0.39 is 12.1 Å². The standard InChI is InChI=1S/C28H44O6/c1-17(29)22-8-9-23-21-7-4-18-16-20(34-26(33)11-6-19(30)5-10-25(31)32)12-14-27(18,2)24(21)13-15-28(22,23)3/h18-24,30H,4-16H2,1-3H3,(H,31,32)/t18-,19?,20+,21-,22+,23-,24-,27-,28+/m0/s1. The second kappa shape index (κ2) is 9.91. The van der Waals surface area contributed by atoms with Gasteiger partial charge in [-0.3, -0.25) is 14.4 Å². The van der Waals surface area contributed by atoms with Crippen molar-refractivity contribution in [1.29, 1.82) is 0 Å². The van der Waals surface area contributed by atoms with Gasteiger partial charge in [0.05, 0.1) is 6.10 Å². The number of rotatable bonds is 8. The number of carbonyl (C=O) groups excluding carboxylic acids is 2. The van der Waals surface area contributed by atoms with Gasteiger partial charge in [0, 0.05) is 18.8 Å². The molecule has 4 aliphatic rings. The highest BCUT2D eigenvalue weighted by atomic mass is 16.5. The number of ether oxygens (including phenoxy) is 1. The molecule has 0 saturated heterocycles. The van der Waals surface area contributed by atoms with Crippen molar-refractivity contribution in [2.45, 2.75) is 116 Å². The largest absolute Gasteiger partial charge is 0.481 e. The van der Waals surface area contributed by atoms with E-state index in [0.29, 0.717) is 23.0 Å². The van der Waals surface area contributed by atoms with Gasteiger partial charge in [0.2, 0.25) is 0 Å². The molecule has 0 aromatic rings. The Morgan fingerprint density at radius 2 is 1.59 bits per heavy atom. The van der Waals surface area contributed by atoms with Crippen LogP contribution in [0.5, 0.6) is 0 Å². The number of aliphatic hydroxyl groups is 1. The lowest BCUT2D eigenvalue weighted by Crippen LogP contribution is -2.54. The Kier molecular flexibility index (Phi) is 7.48. The van der Waals surface area contributed by atoms with Crippen molar-refractivity contribution in [3.05, 3.63) is 0 Å². The molecular formula is C28H44O6. The first kappa shape index (κ1) is 25.7. The summed E-state index contributed by atoms with van der Waals surface area (Å²) in [6.45, 7) is 6.68. The highest BCUT2D eigenvalue weighted by Crippen LogP contribution is 2.67. The number of aliphatic carboxylic acids is 1. The zero-order chi connectivity index (χ0) is 24.7. The molecule has 34 heavy (non-hydrogen) atoms. The Bertz CT molecular complexity index is 794. The minimum absolute atomic E-state index is 0.0410. The van der Waals surface area contributed by atoms with E-state index in [2.05, 4.69) is 13.8 Å². The van der Waals surface area contributed by atoms with Crippen molar-refractivity contribution in [2.24, 2.45) is 40.4 Å². The summed E-state index contributed by atoms with van der Waals surface area (Å²) in [7, 11) is 0. The van der Waals surface area contributed by atoms with Gasteiger partial charge < -0.3 is 14.9 Å². The van der Waals surface area contributed by atoms with Crippen LogP contribution in [0.15, 0.2) is 0 Å². The van der Waals surface area contributed by atoms with E-state index in [1.165, 1.54) is 32.1 Å². The summed E-state index contributed by atoms with van der Waals surface area (Å²) in [4.78, 5) is 35.4. The second-order valence-electron chi connectivity index (χ2n) is 12.5. The quantitative estimate of drug-likeness (QED) is 0.470. The van der Waals surface area contributed by atoms with Crippen LogP contribution in [0.25, 0.3) is 0 Å². The van der Waals surface area contributed by atoms with Crippen LogP contribution in [-0.4, -0.2) is 40.1 Å². The molecule has 1 unspecified atom stereocenters. The van der Waals surface area contributed by atoms with E-state index in [9.17, 15) is 19.5 Å². The maximum atomic E-state index is 12.4. The number of Topliss-reactive ketones (excluding diaryl/α,β-unsaturated/α-hetero) is 1. The van der Waals surface area contributed by atoms with Crippen LogP contribution in [0.1, 0.15) is 104 Å². The van der Waals surface area contributed by atoms with E-state index in [1.54, 1.807) is 6.92 Å². The molecule has 0 spiro atoms.